The first-order chi connectivity index (χ1) is 13.9. The third-order valence-electron chi connectivity index (χ3n) is 4.16. The van der Waals surface area contributed by atoms with Crippen molar-refractivity contribution in [3.05, 3.63) is 82.8 Å². The van der Waals surface area contributed by atoms with E-state index in [4.69, 9.17) is 9.47 Å². The van der Waals surface area contributed by atoms with E-state index < -0.39 is 15.9 Å². The van der Waals surface area contributed by atoms with Crippen LogP contribution >= 0.6 is 15.9 Å². The van der Waals surface area contributed by atoms with E-state index in [1.54, 1.807) is 48.5 Å². The molecule has 0 heterocycles. The molecule has 0 unspecified atom stereocenters. The summed E-state index contributed by atoms with van der Waals surface area (Å²) in [6, 6.07) is 18.9. The summed E-state index contributed by atoms with van der Waals surface area (Å²) in [6.07, 6.45) is 0. The maximum atomic E-state index is 13.6. The van der Waals surface area contributed by atoms with Gasteiger partial charge in [-0.2, -0.15) is 4.31 Å². The van der Waals surface area contributed by atoms with Gasteiger partial charge in [-0.1, -0.05) is 34.1 Å². The average molecular weight is 476 g/mol. The summed E-state index contributed by atoms with van der Waals surface area (Å²) in [7, 11) is -1.41. The van der Waals surface area contributed by atoms with Crippen LogP contribution in [0.2, 0.25) is 0 Å². The maximum absolute atomic E-state index is 13.6. The van der Waals surface area contributed by atoms with E-state index in [-0.39, 0.29) is 21.9 Å². The second-order valence-corrected chi connectivity index (χ2v) is 8.60. The molecule has 0 aliphatic heterocycles. The molecule has 0 aliphatic carbocycles. The molecule has 6 nitrogen and oxygen atoms in total. The van der Waals surface area contributed by atoms with Crippen molar-refractivity contribution < 1.29 is 22.7 Å². The Bertz CT molecular complexity index is 1120. The molecule has 0 spiro atoms. The zero-order chi connectivity index (χ0) is 21.0. The lowest BCUT2D eigenvalue weighted by atomic mass is 10.2. The minimum Gasteiger partial charge on any atom is -0.497 e. The van der Waals surface area contributed by atoms with E-state index in [0.717, 1.165) is 4.31 Å². The third kappa shape index (κ3) is 4.28. The molecule has 0 saturated heterocycles. The van der Waals surface area contributed by atoms with E-state index in [1.165, 1.54) is 38.5 Å². The number of hydrogen-bond donors (Lipinski definition) is 0. The van der Waals surface area contributed by atoms with Crippen LogP contribution < -0.4 is 13.8 Å². The van der Waals surface area contributed by atoms with Gasteiger partial charge in [-0.05, 0) is 54.6 Å². The number of carbonyl (C=O) groups is 1. The van der Waals surface area contributed by atoms with E-state index in [9.17, 15) is 13.2 Å². The first-order valence-electron chi connectivity index (χ1n) is 8.51. The lowest BCUT2D eigenvalue weighted by molar-refractivity contribution is 0.101. The number of nitrogens with zero attached hydrogens (tertiary/aromatic N) is 1. The number of amides is 1. The second-order valence-electron chi connectivity index (χ2n) is 5.93. The van der Waals surface area contributed by atoms with Crippen LogP contribution in [0.15, 0.2) is 82.2 Å². The van der Waals surface area contributed by atoms with Crippen LogP contribution in [0.4, 0.5) is 5.69 Å². The summed E-state index contributed by atoms with van der Waals surface area (Å²) in [5, 5.41) is 0. The Balaban J connectivity index is 2.20. The largest absolute Gasteiger partial charge is 0.497 e. The summed E-state index contributed by atoms with van der Waals surface area (Å²) in [6.45, 7) is 0. The minimum atomic E-state index is -4.28. The van der Waals surface area contributed by atoms with Crippen molar-refractivity contribution in [1.82, 2.24) is 0 Å². The Morgan fingerprint density at radius 3 is 2.14 bits per heavy atom. The molecule has 0 N–H and O–H groups in total. The lowest BCUT2D eigenvalue weighted by Crippen LogP contribution is -2.37. The molecule has 0 saturated carbocycles. The smallest absolute Gasteiger partial charge is 0.274 e. The molecule has 29 heavy (non-hydrogen) atoms. The summed E-state index contributed by atoms with van der Waals surface area (Å²) in [4.78, 5) is 13.1. The number of benzene rings is 3. The summed E-state index contributed by atoms with van der Waals surface area (Å²) >= 11 is 3.30. The van der Waals surface area contributed by atoms with Gasteiger partial charge in [0.2, 0.25) is 0 Å². The van der Waals surface area contributed by atoms with Gasteiger partial charge in [-0.25, -0.2) is 8.42 Å². The van der Waals surface area contributed by atoms with Gasteiger partial charge in [0.1, 0.15) is 16.4 Å². The SMILES string of the molecule is COc1ccc(N(C(=O)c2ccccc2)S(=O)(=O)c2ccc(Br)cc2OC)cc1. The molecule has 3 aromatic carbocycles. The summed E-state index contributed by atoms with van der Waals surface area (Å²) < 4.78 is 39.0. The molecule has 0 fully saturated rings. The molecule has 0 radical (unpaired) electrons. The molecule has 0 aliphatic rings. The van der Waals surface area contributed by atoms with Crippen molar-refractivity contribution in [2.24, 2.45) is 0 Å². The molecule has 3 rings (SSSR count). The first-order valence-corrected chi connectivity index (χ1v) is 10.7. The Hall–Kier alpha value is -2.84. The Labute approximate surface area is 177 Å². The highest BCUT2D eigenvalue weighted by atomic mass is 79.9. The predicted molar refractivity (Wildman–Crippen MR) is 114 cm³/mol. The van der Waals surface area contributed by atoms with Gasteiger partial charge in [0.15, 0.2) is 0 Å². The molecule has 1 amide bonds. The molecule has 0 bridgehead atoms. The van der Waals surface area contributed by atoms with Crippen LogP contribution in [0, 0.1) is 0 Å². The van der Waals surface area contributed by atoms with Gasteiger partial charge in [0, 0.05) is 10.0 Å². The molecular weight excluding hydrogens is 458 g/mol. The van der Waals surface area contributed by atoms with Gasteiger partial charge in [-0.3, -0.25) is 4.79 Å². The second kappa shape index (κ2) is 8.67. The monoisotopic (exact) mass is 475 g/mol. The summed E-state index contributed by atoms with van der Waals surface area (Å²) in [5.41, 5.74) is 0.424. The quantitative estimate of drug-likeness (QED) is 0.524. The van der Waals surface area contributed by atoms with Crippen molar-refractivity contribution in [3.8, 4) is 11.5 Å². The van der Waals surface area contributed by atoms with Crippen LogP contribution in [0.1, 0.15) is 10.4 Å². The van der Waals surface area contributed by atoms with Gasteiger partial charge in [0.05, 0.1) is 19.9 Å². The number of anilines is 1. The van der Waals surface area contributed by atoms with Crippen molar-refractivity contribution in [2.45, 2.75) is 4.90 Å². The van der Waals surface area contributed by atoms with Crippen molar-refractivity contribution in [1.29, 1.82) is 0 Å². The highest BCUT2D eigenvalue weighted by Crippen LogP contribution is 2.33. The van der Waals surface area contributed by atoms with Crippen LogP contribution in [0.5, 0.6) is 11.5 Å². The van der Waals surface area contributed by atoms with Crippen molar-refractivity contribution in [3.63, 3.8) is 0 Å². The topological polar surface area (TPSA) is 72.9 Å². The number of sulfonamides is 1. The zero-order valence-electron chi connectivity index (χ0n) is 15.7. The fraction of sp³-hybridized carbons (Fsp3) is 0.0952. The van der Waals surface area contributed by atoms with Gasteiger partial charge in [-0.15, -0.1) is 0 Å². The molecule has 8 heteroatoms. The number of halogens is 1. The van der Waals surface area contributed by atoms with Crippen LogP contribution in [0.3, 0.4) is 0 Å². The first kappa shape index (κ1) is 20.9. The Morgan fingerprint density at radius 2 is 1.55 bits per heavy atom. The fourth-order valence-corrected chi connectivity index (χ4v) is 4.63. The Kier molecular flexibility index (Phi) is 6.24. The van der Waals surface area contributed by atoms with E-state index in [1.807, 2.05) is 0 Å². The minimum absolute atomic E-state index is 0.122. The number of methoxy groups -OCH3 is 2. The number of rotatable bonds is 6. The standard InChI is InChI=1S/C21H18BrNO5S/c1-27-18-11-9-17(10-12-18)23(21(24)15-6-4-3-5-7-15)29(25,26)20-13-8-16(22)14-19(20)28-2/h3-14H,1-2H3. The predicted octanol–water partition coefficient (Wildman–Crippen LogP) is 4.50. The van der Waals surface area contributed by atoms with Gasteiger partial charge in [0.25, 0.3) is 15.9 Å². The molecule has 3 aromatic rings. The van der Waals surface area contributed by atoms with Crippen LogP contribution in [-0.4, -0.2) is 28.5 Å². The average Bonchev–Trinajstić information content (AvgIpc) is 2.74. The molecule has 0 aromatic heterocycles. The normalized spacial score (nSPS) is 11.0. The number of ether oxygens (including phenoxy) is 2. The van der Waals surface area contributed by atoms with E-state index in [2.05, 4.69) is 15.9 Å². The molecule has 0 atom stereocenters. The van der Waals surface area contributed by atoms with Crippen molar-refractivity contribution >= 4 is 37.5 Å². The number of carbonyl (C=O) groups excluding carboxylic acids is 1. The van der Waals surface area contributed by atoms with Crippen LogP contribution in [-0.2, 0) is 10.0 Å². The summed E-state index contributed by atoms with van der Waals surface area (Å²) in [5.74, 6) is -0.0148. The molecule has 150 valence electrons. The van der Waals surface area contributed by atoms with Crippen LogP contribution in [0.25, 0.3) is 0 Å². The molecular formula is C21H18BrNO5S. The third-order valence-corrected chi connectivity index (χ3v) is 6.40. The lowest BCUT2D eigenvalue weighted by Gasteiger charge is -2.24. The fourth-order valence-electron chi connectivity index (χ4n) is 2.73. The highest BCUT2D eigenvalue weighted by molar-refractivity contribution is 9.10. The maximum Gasteiger partial charge on any atom is 0.274 e. The van der Waals surface area contributed by atoms with E-state index >= 15 is 0 Å². The van der Waals surface area contributed by atoms with Gasteiger partial charge < -0.3 is 9.47 Å². The zero-order valence-corrected chi connectivity index (χ0v) is 18.1. The number of hydrogen-bond acceptors (Lipinski definition) is 5. The van der Waals surface area contributed by atoms with E-state index in [0.29, 0.717) is 10.2 Å². The highest BCUT2D eigenvalue weighted by Gasteiger charge is 2.34. The van der Waals surface area contributed by atoms with Gasteiger partial charge >= 0.3 is 0 Å². The van der Waals surface area contributed by atoms with Crippen molar-refractivity contribution in [2.75, 3.05) is 18.5 Å². The Morgan fingerprint density at radius 1 is 0.897 bits per heavy atom.